The maximum Gasteiger partial charge on any atom is 0.187 e. The van der Waals surface area contributed by atoms with Gasteiger partial charge >= 0.3 is 0 Å². The lowest BCUT2D eigenvalue weighted by atomic mass is 10.2. The van der Waals surface area contributed by atoms with Crippen LogP contribution in [0.5, 0.6) is 17.2 Å². The molecule has 6 nitrogen and oxygen atoms in total. The van der Waals surface area contributed by atoms with Gasteiger partial charge in [0.1, 0.15) is 5.75 Å². The highest BCUT2D eigenvalue weighted by Crippen LogP contribution is 2.35. The summed E-state index contributed by atoms with van der Waals surface area (Å²) in [7, 11) is 3.18. The van der Waals surface area contributed by atoms with E-state index in [0.29, 0.717) is 34.8 Å². The van der Waals surface area contributed by atoms with E-state index in [1.165, 1.54) is 0 Å². The lowest BCUT2D eigenvalue weighted by Gasteiger charge is -2.11. The highest BCUT2D eigenvalue weighted by Gasteiger charge is 2.10. The van der Waals surface area contributed by atoms with Gasteiger partial charge in [-0.15, -0.1) is 0 Å². The van der Waals surface area contributed by atoms with Crippen LogP contribution >= 0.6 is 23.8 Å². The largest absolute Gasteiger partial charge is 0.497 e. The number of hydrogen-bond donors (Lipinski definition) is 2. The molecule has 0 aliphatic rings. The van der Waals surface area contributed by atoms with Crippen molar-refractivity contribution in [3.8, 4) is 17.2 Å². The first-order valence-electron chi connectivity index (χ1n) is 8.27. The van der Waals surface area contributed by atoms with Crippen LogP contribution in [0.1, 0.15) is 18.1 Å². The molecule has 0 aromatic heterocycles. The van der Waals surface area contributed by atoms with E-state index >= 15 is 0 Å². The Balaban J connectivity index is 1.91. The van der Waals surface area contributed by atoms with Gasteiger partial charge in [0.05, 0.1) is 32.1 Å². The standard InChI is InChI=1S/C19H22ClN3O3S/c1-4-26-17-10-14(9-16(20)18(17)25-3)12-22-23-19(27)21-11-13-5-7-15(24-2)8-6-13/h5-10,12H,4,11H2,1-3H3,(H2,21,23,27)/b22-12-. The number of nitrogens with one attached hydrogen (secondary N) is 2. The summed E-state index contributed by atoms with van der Waals surface area (Å²) in [5, 5.41) is 8.06. The summed E-state index contributed by atoms with van der Waals surface area (Å²) in [5.74, 6) is 1.88. The molecule has 0 amide bonds. The van der Waals surface area contributed by atoms with Crippen LogP contribution in [0.2, 0.25) is 5.02 Å². The number of hydrogen-bond acceptors (Lipinski definition) is 5. The van der Waals surface area contributed by atoms with E-state index in [0.717, 1.165) is 16.9 Å². The number of rotatable bonds is 8. The third-order valence-electron chi connectivity index (χ3n) is 3.53. The Labute approximate surface area is 169 Å². The quantitative estimate of drug-likeness (QED) is 0.394. The fraction of sp³-hybridized carbons (Fsp3) is 0.263. The minimum atomic E-state index is 0.409. The fourth-order valence-electron chi connectivity index (χ4n) is 2.25. The van der Waals surface area contributed by atoms with Crippen LogP contribution in [-0.4, -0.2) is 32.2 Å². The minimum Gasteiger partial charge on any atom is -0.497 e. The molecular weight excluding hydrogens is 386 g/mol. The maximum atomic E-state index is 6.22. The molecule has 8 heteroatoms. The summed E-state index contributed by atoms with van der Waals surface area (Å²) in [4.78, 5) is 0. The molecule has 27 heavy (non-hydrogen) atoms. The van der Waals surface area contributed by atoms with E-state index in [9.17, 15) is 0 Å². The van der Waals surface area contributed by atoms with E-state index in [1.54, 1.807) is 32.6 Å². The molecule has 2 aromatic carbocycles. The van der Waals surface area contributed by atoms with Gasteiger partial charge in [0.15, 0.2) is 16.6 Å². The summed E-state index contributed by atoms with van der Waals surface area (Å²) >= 11 is 11.4. The highest BCUT2D eigenvalue weighted by atomic mass is 35.5. The van der Waals surface area contributed by atoms with Crippen molar-refractivity contribution < 1.29 is 14.2 Å². The number of nitrogens with zero attached hydrogens (tertiary/aromatic N) is 1. The van der Waals surface area contributed by atoms with Gasteiger partial charge < -0.3 is 19.5 Å². The van der Waals surface area contributed by atoms with E-state index in [2.05, 4.69) is 15.8 Å². The van der Waals surface area contributed by atoms with Gasteiger partial charge in [0.2, 0.25) is 0 Å². The Morgan fingerprint density at radius 2 is 1.93 bits per heavy atom. The number of methoxy groups -OCH3 is 2. The van der Waals surface area contributed by atoms with Gasteiger partial charge in [-0.25, -0.2) is 0 Å². The predicted molar refractivity (Wildman–Crippen MR) is 112 cm³/mol. The molecular formula is C19H22ClN3O3S. The molecule has 0 unspecified atom stereocenters. The molecule has 0 saturated carbocycles. The molecule has 0 fully saturated rings. The summed E-state index contributed by atoms with van der Waals surface area (Å²) < 4.78 is 15.9. The predicted octanol–water partition coefficient (Wildman–Crippen LogP) is 3.75. The summed E-state index contributed by atoms with van der Waals surface area (Å²) in [6, 6.07) is 11.3. The third kappa shape index (κ3) is 6.30. The zero-order valence-electron chi connectivity index (χ0n) is 15.4. The van der Waals surface area contributed by atoms with Crippen molar-refractivity contribution in [1.29, 1.82) is 0 Å². The number of thiocarbonyl (C=S) groups is 1. The van der Waals surface area contributed by atoms with Crippen LogP contribution in [0.15, 0.2) is 41.5 Å². The molecule has 2 rings (SSSR count). The van der Waals surface area contributed by atoms with Crippen LogP contribution < -0.4 is 25.0 Å². The highest BCUT2D eigenvalue weighted by molar-refractivity contribution is 7.80. The van der Waals surface area contributed by atoms with Gasteiger partial charge in [-0.05, 0) is 54.5 Å². The number of hydrazone groups is 1. The van der Waals surface area contributed by atoms with Crippen molar-refractivity contribution in [2.75, 3.05) is 20.8 Å². The first-order valence-corrected chi connectivity index (χ1v) is 9.06. The molecule has 0 spiro atoms. The molecule has 0 heterocycles. The molecule has 0 atom stereocenters. The molecule has 0 saturated heterocycles. The Morgan fingerprint density at radius 1 is 1.19 bits per heavy atom. The molecule has 0 aliphatic heterocycles. The lowest BCUT2D eigenvalue weighted by molar-refractivity contribution is 0.311. The van der Waals surface area contributed by atoms with Crippen molar-refractivity contribution in [3.63, 3.8) is 0 Å². The van der Waals surface area contributed by atoms with Crippen molar-refractivity contribution in [2.24, 2.45) is 5.10 Å². The first kappa shape index (κ1) is 20.8. The van der Waals surface area contributed by atoms with E-state index in [1.807, 2.05) is 31.2 Å². The lowest BCUT2D eigenvalue weighted by Crippen LogP contribution is -2.31. The Hall–Kier alpha value is -2.51. The van der Waals surface area contributed by atoms with Crippen LogP contribution in [0, 0.1) is 0 Å². The number of ether oxygens (including phenoxy) is 3. The van der Waals surface area contributed by atoms with E-state index in [-0.39, 0.29) is 0 Å². The second-order valence-corrected chi connectivity index (χ2v) is 6.18. The number of halogens is 1. The average molecular weight is 408 g/mol. The van der Waals surface area contributed by atoms with E-state index in [4.69, 9.17) is 38.0 Å². The topological polar surface area (TPSA) is 64.1 Å². The van der Waals surface area contributed by atoms with Crippen LogP contribution in [0.4, 0.5) is 0 Å². The molecule has 0 aliphatic carbocycles. The van der Waals surface area contributed by atoms with Crippen LogP contribution in [-0.2, 0) is 6.54 Å². The maximum absolute atomic E-state index is 6.22. The summed E-state index contributed by atoms with van der Waals surface area (Å²) in [5.41, 5.74) is 4.61. The van der Waals surface area contributed by atoms with Crippen molar-refractivity contribution >= 4 is 35.1 Å². The average Bonchev–Trinajstić information content (AvgIpc) is 2.67. The number of benzene rings is 2. The smallest absolute Gasteiger partial charge is 0.187 e. The molecule has 0 bridgehead atoms. The zero-order chi connectivity index (χ0) is 19.6. The second-order valence-electron chi connectivity index (χ2n) is 5.37. The minimum absolute atomic E-state index is 0.409. The van der Waals surface area contributed by atoms with Gasteiger partial charge in [0, 0.05) is 6.54 Å². The van der Waals surface area contributed by atoms with Gasteiger partial charge in [0.25, 0.3) is 0 Å². The molecule has 2 aromatic rings. The monoisotopic (exact) mass is 407 g/mol. The zero-order valence-corrected chi connectivity index (χ0v) is 17.0. The second kappa shape index (κ2) is 10.6. The van der Waals surface area contributed by atoms with Gasteiger partial charge in [-0.3, -0.25) is 5.43 Å². The van der Waals surface area contributed by atoms with Crippen LogP contribution in [0.3, 0.4) is 0 Å². The van der Waals surface area contributed by atoms with Crippen molar-refractivity contribution in [3.05, 3.63) is 52.5 Å². The SMILES string of the molecule is CCOc1cc(/C=N\NC(=S)NCc2ccc(OC)cc2)cc(Cl)c1OC. The molecule has 144 valence electrons. The fourth-order valence-corrected chi connectivity index (χ4v) is 2.68. The summed E-state index contributed by atoms with van der Waals surface area (Å²) in [6.45, 7) is 2.97. The van der Waals surface area contributed by atoms with Gasteiger partial charge in [-0.1, -0.05) is 23.7 Å². The first-order chi connectivity index (χ1) is 13.1. The third-order valence-corrected chi connectivity index (χ3v) is 4.04. The van der Waals surface area contributed by atoms with Crippen LogP contribution in [0.25, 0.3) is 0 Å². The Bertz CT molecular complexity index is 798. The van der Waals surface area contributed by atoms with Crippen molar-refractivity contribution in [2.45, 2.75) is 13.5 Å². The normalized spacial score (nSPS) is 10.5. The van der Waals surface area contributed by atoms with E-state index < -0.39 is 0 Å². The molecule has 0 radical (unpaired) electrons. The summed E-state index contributed by atoms with van der Waals surface area (Å²) in [6.07, 6.45) is 1.61. The van der Waals surface area contributed by atoms with Gasteiger partial charge in [-0.2, -0.15) is 5.10 Å². The Morgan fingerprint density at radius 3 is 2.56 bits per heavy atom. The van der Waals surface area contributed by atoms with Crippen molar-refractivity contribution in [1.82, 2.24) is 10.7 Å². The molecule has 2 N–H and O–H groups in total. The Kier molecular flexibility index (Phi) is 8.16.